The summed E-state index contributed by atoms with van der Waals surface area (Å²) in [7, 11) is 0. The first kappa shape index (κ1) is 9.26. The van der Waals surface area contributed by atoms with E-state index in [0.717, 1.165) is 6.07 Å². The van der Waals surface area contributed by atoms with Crippen LogP contribution in [0.3, 0.4) is 0 Å². The molecule has 0 amide bonds. The van der Waals surface area contributed by atoms with Crippen LogP contribution >= 0.6 is 22.6 Å². The maximum absolute atomic E-state index is 12.6. The molecule has 0 N–H and O–H groups in total. The summed E-state index contributed by atoms with van der Waals surface area (Å²) < 4.78 is 36.0. The standard InChI is InChI=1S/C6H2AsF2IO/c8-4-1-3(7-11)2-5(10)6(4)9/h1-2H. The molecule has 0 spiro atoms. The van der Waals surface area contributed by atoms with Crippen LogP contribution in [0.15, 0.2) is 12.1 Å². The van der Waals surface area contributed by atoms with Gasteiger partial charge >= 0.3 is 82.5 Å². The first-order valence-electron chi connectivity index (χ1n) is 2.63. The minimum atomic E-state index is -1.27. The van der Waals surface area contributed by atoms with Crippen LogP contribution in [0.4, 0.5) is 8.78 Å². The SMILES string of the molecule is O=[As]c1cc(F)c(F)c(I)c1. The van der Waals surface area contributed by atoms with Gasteiger partial charge in [-0.1, -0.05) is 0 Å². The predicted octanol–water partition coefficient (Wildman–Crippen LogP) is 1.24. The Balaban J connectivity index is 3.31. The second kappa shape index (κ2) is 3.72. The normalized spacial score (nSPS) is 10.5. The Hall–Kier alpha value is 0.168. The van der Waals surface area contributed by atoms with Crippen LogP contribution < -0.4 is 4.35 Å². The van der Waals surface area contributed by atoms with E-state index >= 15 is 0 Å². The van der Waals surface area contributed by atoms with Crippen molar-refractivity contribution in [2.45, 2.75) is 0 Å². The van der Waals surface area contributed by atoms with Crippen molar-refractivity contribution in [2.24, 2.45) is 0 Å². The van der Waals surface area contributed by atoms with E-state index in [0.29, 0.717) is 4.35 Å². The van der Waals surface area contributed by atoms with Crippen LogP contribution in [0.1, 0.15) is 0 Å². The monoisotopic (exact) mass is 330 g/mol. The summed E-state index contributed by atoms with van der Waals surface area (Å²) in [5, 5.41) is 0. The van der Waals surface area contributed by atoms with Gasteiger partial charge in [0.25, 0.3) is 0 Å². The van der Waals surface area contributed by atoms with Crippen molar-refractivity contribution in [3.05, 3.63) is 27.3 Å². The van der Waals surface area contributed by atoms with Gasteiger partial charge in [-0.15, -0.1) is 0 Å². The van der Waals surface area contributed by atoms with Crippen molar-refractivity contribution in [3.63, 3.8) is 0 Å². The molecule has 0 atom stereocenters. The summed E-state index contributed by atoms with van der Waals surface area (Å²) in [6.45, 7) is 0. The molecule has 0 aliphatic heterocycles. The fourth-order valence-electron chi connectivity index (χ4n) is 0.595. The first-order valence-corrected chi connectivity index (χ1v) is 5.41. The summed E-state index contributed by atoms with van der Waals surface area (Å²) in [5.41, 5.74) is 0. The second-order valence-electron chi connectivity index (χ2n) is 1.81. The molecule has 0 saturated heterocycles. The molecular weight excluding hydrogens is 328 g/mol. The molecule has 1 aromatic rings. The molecule has 1 rings (SSSR count). The summed E-state index contributed by atoms with van der Waals surface area (Å²) >= 11 is 0.391. The molecular formula is C6H2AsF2IO. The molecule has 0 aliphatic carbocycles. The number of halogens is 3. The predicted molar refractivity (Wildman–Crippen MR) is 45.1 cm³/mol. The quantitative estimate of drug-likeness (QED) is 0.430. The fraction of sp³-hybridized carbons (Fsp3) is 0. The van der Waals surface area contributed by atoms with Crippen LogP contribution in [0.25, 0.3) is 0 Å². The van der Waals surface area contributed by atoms with Gasteiger partial charge in [-0.2, -0.15) is 0 Å². The molecule has 1 aromatic carbocycles. The third-order valence-corrected chi connectivity index (χ3v) is 2.84. The number of rotatable bonds is 1. The van der Waals surface area contributed by atoms with Crippen molar-refractivity contribution >= 4 is 42.6 Å². The van der Waals surface area contributed by atoms with E-state index in [1.165, 1.54) is 6.07 Å². The molecule has 0 bridgehead atoms. The zero-order chi connectivity index (χ0) is 8.43. The molecule has 0 saturated carbocycles. The third kappa shape index (κ3) is 2.06. The molecule has 0 aromatic heterocycles. The number of benzene rings is 1. The second-order valence-corrected chi connectivity index (χ2v) is 4.44. The molecule has 0 radical (unpaired) electrons. The topological polar surface area (TPSA) is 17.1 Å². The summed E-state index contributed by atoms with van der Waals surface area (Å²) in [4.78, 5) is 0. The molecule has 5 heteroatoms. The Morgan fingerprint density at radius 1 is 1.36 bits per heavy atom. The van der Waals surface area contributed by atoms with Crippen LogP contribution in [0, 0.1) is 15.2 Å². The van der Waals surface area contributed by atoms with Gasteiger partial charge in [0.15, 0.2) is 0 Å². The van der Waals surface area contributed by atoms with E-state index in [9.17, 15) is 12.5 Å². The van der Waals surface area contributed by atoms with E-state index in [4.69, 9.17) is 0 Å². The van der Waals surface area contributed by atoms with Crippen molar-refractivity contribution in [3.8, 4) is 0 Å². The molecule has 0 fully saturated rings. The molecule has 1 nitrogen and oxygen atoms in total. The zero-order valence-electron chi connectivity index (χ0n) is 5.14. The summed E-state index contributed by atoms with van der Waals surface area (Å²) in [6.07, 6.45) is 0. The third-order valence-electron chi connectivity index (χ3n) is 1.07. The van der Waals surface area contributed by atoms with Crippen molar-refractivity contribution in [2.75, 3.05) is 0 Å². The summed E-state index contributed by atoms with van der Waals surface area (Å²) in [5.74, 6) is -1.80. The average Bonchev–Trinajstić information content (AvgIpc) is 1.99. The minimum absolute atomic E-state index is 0.170. The van der Waals surface area contributed by atoms with Gasteiger partial charge in [-0.3, -0.25) is 0 Å². The van der Waals surface area contributed by atoms with Crippen LogP contribution in [0.2, 0.25) is 0 Å². The average molecular weight is 330 g/mol. The Labute approximate surface area is 82.2 Å². The van der Waals surface area contributed by atoms with Crippen molar-refractivity contribution in [1.82, 2.24) is 0 Å². The van der Waals surface area contributed by atoms with Gasteiger partial charge in [-0.05, 0) is 0 Å². The van der Waals surface area contributed by atoms with Gasteiger partial charge < -0.3 is 0 Å². The zero-order valence-corrected chi connectivity index (χ0v) is 9.18. The Morgan fingerprint density at radius 3 is 2.45 bits per heavy atom. The van der Waals surface area contributed by atoms with E-state index in [1.807, 2.05) is 0 Å². The molecule has 58 valence electrons. The molecule has 11 heavy (non-hydrogen) atoms. The molecule has 0 unspecified atom stereocenters. The van der Waals surface area contributed by atoms with Crippen molar-refractivity contribution < 1.29 is 12.5 Å². The van der Waals surface area contributed by atoms with Crippen LogP contribution in [-0.4, -0.2) is 15.7 Å². The van der Waals surface area contributed by atoms with Crippen LogP contribution in [0.5, 0.6) is 0 Å². The van der Waals surface area contributed by atoms with Gasteiger partial charge in [0.1, 0.15) is 0 Å². The maximum atomic E-state index is 12.6. The van der Waals surface area contributed by atoms with E-state index in [-0.39, 0.29) is 3.57 Å². The number of hydrogen-bond donors (Lipinski definition) is 0. The Morgan fingerprint density at radius 2 is 2.00 bits per heavy atom. The van der Waals surface area contributed by atoms with E-state index in [1.54, 1.807) is 22.6 Å². The molecule has 0 heterocycles. The van der Waals surface area contributed by atoms with E-state index < -0.39 is 27.3 Å². The first-order chi connectivity index (χ1) is 5.15. The van der Waals surface area contributed by atoms with Gasteiger partial charge in [-0.25, -0.2) is 0 Å². The van der Waals surface area contributed by atoms with E-state index in [2.05, 4.69) is 0 Å². The van der Waals surface area contributed by atoms with Crippen LogP contribution in [-0.2, 0) is 3.74 Å². The van der Waals surface area contributed by atoms with Gasteiger partial charge in [0, 0.05) is 0 Å². The Kier molecular flexibility index (Phi) is 3.13. The Bertz CT molecular complexity index is 280. The van der Waals surface area contributed by atoms with Gasteiger partial charge in [0.05, 0.1) is 0 Å². The van der Waals surface area contributed by atoms with Crippen molar-refractivity contribution in [1.29, 1.82) is 0 Å². The summed E-state index contributed by atoms with van der Waals surface area (Å²) in [6, 6.07) is 2.34. The fourth-order valence-corrected chi connectivity index (χ4v) is 2.45. The van der Waals surface area contributed by atoms with Gasteiger partial charge in [0.2, 0.25) is 0 Å². The number of hydrogen-bond acceptors (Lipinski definition) is 1. The molecule has 0 aliphatic rings.